The third-order valence-corrected chi connectivity index (χ3v) is 9.50. The van der Waals surface area contributed by atoms with E-state index >= 15 is 0 Å². The SMILES string of the molecule is Clc1ccc2c(c1)CC1(CCN(CCOc3ccccc3)C1)O2.OC1(Cc2cc(Cl)ccc2F)CCN(CCOc2ccccc2)C1.[H-].[Na+]. The van der Waals surface area contributed by atoms with E-state index in [0.717, 1.165) is 67.8 Å². The van der Waals surface area contributed by atoms with Gasteiger partial charge in [-0.3, -0.25) is 9.80 Å². The van der Waals surface area contributed by atoms with E-state index < -0.39 is 5.60 Å². The van der Waals surface area contributed by atoms with Crippen molar-refractivity contribution < 1.29 is 54.7 Å². The van der Waals surface area contributed by atoms with Crippen molar-refractivity contribution in [2.24, 2.45) is 0 Å². The number of ether oxygens (including phenoxy) is 3. The van der Waals surface area contributed by atoms with Crippen molar-refractivity contribution in [3.63, 3.8) is 0 Å². The van der Waals surface area contributed by atoms with Crippen LogP contribution in [0.5, 0.6) is 17.2 Å². The van der Waals surface area contributed by atoms with Gasteiger partial charge in [-0.1, -0.05) is 59.6 Å². The maximum Gasteiger partial charge on any atom is 1.00 e. The number of rotatable bonds is 10. The quantitative estimate of drug-likeness (QED) is 0.247. The maximum absolute atomic E-state index is 13.9. The van der Waals surface area contributed by atoms with E-state index in [1.807, 2.05) is 78.9 Å². The number of benzene rings is 4. The summed E-state index contributed by atoms with van der Waals surface area (Å²) in [5.41, 5.74) is 0.713. The number of halogens is 3. The van der Waals surface area contributed by atoms with Crippen LogP contribution in [0.2, 0.25) is 10.0 Å². The molecule has 1 spiro atoms. The van der Waals surface area contributed by atoms with Crippen LogP contribution in [-0.4, -0.2) is 78.6 Å². The number of aliphatic hydroxyl groups is 1. The normalized spacial score (nSPS) is 21.6. The van der Waals surface area contributed by atoms with Gasteiger partial charge in [-0.2, -0.15) is 0 Å². The van der Waals surface area contributed by atoms with Crippen LogP contribution in [0.3, 0.4) is 0 Å². The van der Waals surface area contributed by atoms with Gasteiger partial charge in [0.2, 0.25) is 0 Å². The van der Waals surface area contributed by atoms with Crippen LogP contribution in [-0.2, 0) is 12.8 Å². The summed E-state index contributed by atoms with van der Waals surface area (Å²) in [7, 11) is 0. The molecule has 3 heterocycles. The predicted molar refractivity (Wildman–Crippen MR) is 186 cm³/mol. The van der Waals surface area contributed by atoms with Crippen LogP contribution in [0, 0.1) is 5.82 Å². The van der Waals surface area contributed by atoms with Gasteiger partial charge in [0.25, 0.3) is 0 Å². The maximum atomic E-state index is 13.9. The molecule has 2 unspecified atom stereocenters. The molecule has 7 rings (SSSR count). The fourth-order valence-electron chi connectivity index (χ4n) is 6.68. The average Bonchev–Trinajstić information content (AvgIpc) is 3.75. The predicted octanol–water partition coefficient (Wildman–Crippen LogP) is 4.45. The Balaban J connectivity index is 0.000000212. The topological polar surface area (TPSA) is 54.4 Å². The molecule has 0 amide bonds. The molecule has 48 heavy (non-hydrogen) atoms. The zero-order valence-corrected chi connectivity index (χ0v) is 30.9. The minimum Gasteiger partial charge on any atom is -1.00 e. The van der Waals surface area contributed by atoms with Gasteiger partial charge in [0.15, 0.2) is 0 Å². The standard InChI is InChI=1S/C19H21ClFNO2.C19H20ClNO2.Na.H/c20-16-6-7-18(21)15(12-16)13-19(23)8-9-22(14-19)10-11-24-17-4-2-1-3-5-17;20-16-6-7-18-15(12-16)13-19(23-18)8-9-21(14-19)10-11-22-17-4-2-1-3-5-17;;/h1-7,12,23H,8-11,13-14H2;1-7,12H,8-11,13-14H2;;/q;;+1;-1. The zero-order chi connectivity index (χ0) is 32.7. The van der Waals surface area contributed by atoms with Crippen molar-refractivity contribution in [3.8, 4) is 17.2 Å². The van der Waals surface area contributed by atoms with E-state index in [-0.39, 0.29) is 48.8 Å². The molecule has 0 saturated carbocycles. The molecule has 10 heteroatoms. The molecule has 250 valence electrons. The Labute approximate surface area is 316 Å². The summed E-state index contributed by atoms with van der Waals surface area (Å²) in [5, 5.41) is 12.0. The number of β-amino-alcohol motifs (C(OH)–C–C–N with tert-alkyl or cyclic N) is 1. The molecule has 0 bridgehead atoms. The molecule has 4 aromatic rings. The van der Waals surface area contributed by atoms with E-state index in [1.165, 1.54) is 17.7 Å². The second kappa shape index (κ2) is 17.1. The van der Waals surface area contributed by atoms with Crippen molar-refractivity contribution in [1.29, 1.82) is 0 Å². The fraction of sp³-hybridized carbons (Fsp3) is 0.368. The Morgan fingerprint density at radius 2 is 1.35 bits per heavy atom. The number of likely N-dealkylation sites (tertiary alicyclic amines) is 2. The molecule has 3 aliphatic heterocycles. The van der Waals surface area contributed by atoms with E-state index in [9.17, 15) is 9.50 Å². The van der Waals surface area contributed by atoms with Crippen LogP contribution in [0.15, 0.2) is 97.1 Å². The second-order valence-corrected chi connectivity index (χ2v) is 13.6. The van der Waals surface area contributed by atoms with Crippen LogP contribution in [0.25, 0.3) is 0 Å². The van der Waals surface area contributed by atoms with Crippen molar-refractivity contribution in [3.05, 3.63) is 124 Å². The molecule has 3 aliphatic rings. The van der Waals surface area contributed by atoms with E-state index in [1.54, 1.807) is 6.07 Å². The van der Waals surface area contributed by atoms with Gasteiger partial charge in [-0.25, -0.2) is 4.39 Å². The Kier molecular flexibility index (Phi) is 13.1. The minimum absolute atomic E-state index is 0. The molecule has 2 atom stereocenters. The van der Waals surface area contributed by atoms with Gasteiger partial charge in [0.05, 0.1) is 5.60 Å². The van der Waals surface area contributed by atoms with Crippen molar-refractivity contribution in [2.75, 3.05) is 52.5 Å². The Bertz CT molecular complexity index is 1630. The number of para-hydroxylation sites is 2. The van der Waals surface area contributed by atoms with Crippen molar-refractivity contribution in [2.45, 2.75) is 36.9 Å². The molecule has 1 N–H and O–H groups in total. The fourth-order valence-corrected chi connectivity index (χ4v) is 7.07. The summed E-state index contributed by atoms with van der Waals surface area (Å²) in [6, 6.07) is 30.0. The second-order valence-electron chi connectivity index (χ2n) is 12.7. The van der Waals surface area contributed by atoms with Gasteiger partial charge < -0.3 is 20.7 Å². The van der Waals surface area contributed by atoms with E-state index in [0.29, 0.717) is 36.8 Å². The summed E-state index contributed by atoms with van der Waals surface area (Å²) in [4.78, 5) is 4.57. The molecule has 0 aliphatic carbocycles. The summed E-state index contributed by atoms with van der Waals surface area (Å²) in [5.74, 6) is 2.45. The number of fused-ring (bicyclic) bond motifs is 1. The summed E-state index contributed by atoms with van der Waals surface area (Å²) < 4.78 is 31.6. The van der Waals surface area contributed by atoms with E-state index in [2.05, 4.69) is 9.80 Å². The van der Waals surface area contributed by atoms with Crippen LogP contribution < -0.4 is 43.8 Å². The van der Waals surface area contributed by atoms with Crippen molar-refractivity contribution >= 4 is 23.2 Å². The molecule has 2 saturated heterocycles. The first-order valence-electron chi connectivity index (χ1n) is 16.2. The number of hydrogen-bond acceptors (Lipinski definition) is 6. The Morgan fingerprint density at radius 3 is 2.02 bits per heavy atom. The minimum atomic E-state index is -0.918. The molecule has 6 nitrogen and oxygen atoms in total. The molecular formula is C38H42Cl2FN2NaO4. The molecule has 0 radical (unpaired) electrons. The van der Waals surface area contributed by atoms with Gasteiger partial charge in [-0.05, 0) is 78.2 Å². The number of hydrogen-bond donors (Lipinski definition) is 1. The molecular weight excluding hydrogens is 661 g/mol. The first kappa shape index (κ1) is 36.9. The van der Waals surface area contributed by atoms with Gasteiger partial charge in [0, 0.05) is 68.6 Å². The smallest absolute Gasteiger partial charge is 1.00 e. The van der Waals surface area contributed by atoms with Gasteiger partial charge in [-0.15, -0.1) is 0 Å². The number of nitrogens with zero attached hydrogens (tertiary/aromatic N) is 2. The molecule has 0 aromatic heterocycles. The summed E-state index contributed by atoms with van der Waals surface area (Å²) in [6.45, 7) is 6.22. The first-order valence-corrected chi connectivity index (χ1v) is 17.0. The van der Waals surface area contributed by atoms with Crippen LogP contribution in [0.1, 0.15) is 25.4 Å². The Morgan fingerprint density at radius 1 is 0.771 bits per heavy atom. The van der Waals surface area contributed by atoms with Gasteiger partial charge in [0.1, 0.15) is 41.9 Å². The third-order valence-electron chi connectivity index (χ3n) is 9.03. The monoisotopic (exact) mass is 702 g/mol. The summed E-state index contributed by atoms with van der Waals surface area (Å²) in [6.07, 6.45) is 2.91. The third kappa shape index (κ3) is 10.1. The largest absolute Gasteiger partial charge is 1.00 e. The molecule has 4 aromatic carbocycles. The first-order chi connectivity index (χ1) is 22.8. The zero-order valence-electron chi connectivity index (χ0n) is 28.4. The van der Waals surface area contributed by atoms with Crippen molar-refractivity contribution in [1.82, 2.24) is 9.80 Å². The van der Waals surface area contributed by atoms with Crippen LogP contribution in [0.4, 0.5) is 4.39 Å². The average molecular weight is 704 g/mol. The Hall–Kier alpha value is -2.33. The van der Waals surface area contributed by atoms with Crippen LogP contribution >= 0.6 is 23.2 Å². The van der Waals surface area contributed by atoms with E-state index in [4.69, 9.17) is 37.4 Å². The summed E-state index contributed by atoms with van der Waals surface area (Å²) >= 11 is 12.0. The van der Waals surface area contributed by atoms with Gasteiger partial charge >= 0.3 is 29.6 Å². The molecule has 2 fully saturated rings.